The van der Waals surface area contributed by atoms with E-state index in [0.29, 0.717) is 11.5 Å². The molecule has 1 unspecified atom stereocenters. The lowest BCUT2D eigenvalue weighted by Crippen LogP contribution is -2.50. The molecule has 2 rings (SSSR count). The van der Waals surface area contributed by atoms with E-state index in [0.717, 1.165) is 19.4 Å². The summed E-state index contributed by atoms with van der Waals surface area (Å²) in [6, 6.07) is 0.375. The molecule has 1 amide bonds. The second kappa shape index (κ2) is 6.74. The minimum Gasteiger partial charge on any atom is -0.352 e. The van der Waals surface area contributed by atoms with Crippen LogP contribution in [-0.4, -0.2) is 24.5 Å². The highest BCUT2D eigenvalue weighted by Gasteiger charge is 2.35. The molecule has 0 saturated heterocycles. The fraction of sp³-hybridized carbons (Fsp3) is 0.938. The molecule has 0 spiro atoms. The van der Waals surface area contributed by atoms with E-state index in [4.69, 9.17) is 0 Å². The Kier molecular flexibility index (Phi) is 5.26. The Morgan fingerprint density at radius 1 is 1.21 bits per heavy atom. The molecule has 3 nitrogen and oxygen atoms in total. The molecule has 2 saturated carbocycles. The van der Waals surface area contributed by atoms with E-state index < -0.39 is 0 Å². The van der Waals surface area contributed by atoms with Crippen molar-refractivity contribution < 1.29 is 4.79 Å². The largest absolute Gasteiger partial charge is 0.352 e. The maximum Gasteiger partial charge on any atom is 0.237 e. The molecule has 19 heavy (non-hydrogen) atoms. The Balaban J connectivity index is 1.69. The Morgan fingerprint density at radius 2 is 1.89 bits per heavy atom. The average Bonchev–Trinajstić information content (AvgIpc) is 2.39. The minimum absolute atomic E-state index is 0.0500. The second-order valence-electron chi connectivity index (χ2n) is 6.65. The molecule has 0 aliphatic heterocycles. The van der Waals surface area contributed by atoms with Crippen LogP contribution in [0, 0.1) is 5.41 Å². The quantitative estimate of drug-likeness (QED) is 0.776. The van der Waals surface area contributed by atoms with E-state index in [-0.39, 0.29) is 11.9 Å². The van der Waals surface area contributed by atoms with Gasteiger partial charge in [-0.2, -0.15) is 0 Å². The standard InChI is InChI=1S/C16H30N2O/c1-3-16(10-7-11-16)12-17-13(2)15(19)18-14-8-5-4-6-9-14/h13-14,17H,3-12H2,1-2H3,(H,18,19). The molecule has 0 aromatic rings. The highest BCUT2D eigenvalue weighted by molar-refractivity contribution is 5.81. The van der Waals surface area contributed by atoms with Crippen LogP contribution in [0.3, 0.4) is 0 Å². The lowest BCUT2D eigenvalue weighted by Gasteiger charge is -2.42. The van der Waals surface area contributed by atoms with Crippen molar-refractivity contribution in [2.24, 2.45) is 5.41 Å². The van der Waals surface area contributed by atoms with Crippen LogP contribution in [0.15, 0.2) is 0 Å². The van der Waals surface area contributed by atoms with Gasteiger partial charge in [0, 0.05) is 12.6 Å². The molecule has 0 aromatic carbocycles. The van der Waals surface area contributed by atoms with Gasteiger partial charge in [-0.1, -0.05) is 32.6 Å². The van der Waals surface area contributed by atoms with Crippen molar-refractivity contribution >= 4 is 5.91 Å². The number of hydrogen-bond acceptors (Lipinski definition) is 2. The number of nitrogens with one attached hydrogen (secondary N) is 2. The summed E-state index contributed by atoms with van der Waals surface area (Å²) in [6.45, 7) is 5.27. The predicted molar refractivity (Wildman–Crippen MR) is 79.1 cm³/mol. The lowest BCUT2D eigenvalue weighted by molar-refractivity contribution is -0.123. The van der Waals surface area contributed by atoms with E-state index in [9.17, 15) is 4.79 Å². The fourth-order valence-corrected chi connectivity index (χ4v) is 3.37. The summed E-state index contributed by atoms with van der Waals surface area (Å²) >= 11 is 0. The van der Waals surface area contributed by atoms with Gasteiger partial charge in [0.05, 0.1) is 6.04 Å². The number of carbonyl (C=O) groups excluding carboxylic acids is 1. The predicted octanol–water partition coefficient (Wildman–Crippen LogP) is 2.99. The molecule has 3 heteroatoms. The van der Waals surface area contributed by atoms with Crippen LogP contribution >= 0.6 is 0 Å². The number of amides is 1. The second-order valence-corrected chi connectivity index (χ2v) is 6.65. The third kappa shape index (κ3) is 3.95. The number of carbonyl (C=O) groups is 1. The molecule has 2 aliphatic rings. The third-order valence-corrected chi connectivity index (χ3v) is 5.29. The number of rotatable bonds is 6. The van der Waals surface area contributed by atoms with Crippen molar-refractivity contribution in [1.29, 1.82) is 0 Å². The molecule has 0 heterocycles. The molecule has 0 aromatic heterocycles. The van der Waals surface area contributed by atoms with Gasteiger partial charge in [0.25, 0.3) is 0 Å². The summed E-state index contributed by atoms with van der Waals surface area (Å²) in [5.74, 6) is 0.192. The zero-order valence-electron chi connectivity index (χ0n) is 12.6. The van der Waals surface area contributed by atoms with E-state index in [1.807, 2.05) is 6.92 Å². The summed E-state index contributed by atoms with van der Waals surface area (Å²) in [5, 5.41) is 6.66. The number of hydrogen-bond donors (Lipinski definition) is 2. The first kappa shape index (κ1) is 14.8. The SMILES string of the molecule is CCC1(CNC(C)C(=O)NC2CCCCC2)CCC1. The molecule has 1 atom stereocenters. The summed E-state index contributed by atoms with van der Waals surface area (Å²) in [5.41, 5.74) is 0.485. The van der Waals surface area contributed by atoms with Gasteiger partial charge in [-0.25, -0.2) is 0 Å². The van der Waals surface area contributed by atoms with Crippen molar-refractivity contribution in [3.8, 4) is 0 Å². The van der Waals surface area contributed by atoms with Crippen LogP contribution < -0.4 is 10.6 Å². The van der Waals surface area contributed by atoms with Gasteiger partial charge in [0.2, 0.25) is 5.91 Å². The summed E-state index contributed by atoms with van der Waals surface area (Å²) in [6.07, 6.45) is 11.4. The van der Waals surface area contributed by atoms with E-state index in [1.165, 1.54) is 44.9 Å². The van der Waals surface area contributed by atoms with Crippen molar-refractivity contribution in [3.63, 3.8) is 0 Å². The maximum atomic E-state index is 12.1. The maximum absolute atomic E-state index is 12.1. The molecule has 2 fully saturated rings. The van der Waals surface area contributed by atoms with Gasteiger partial charge in [-0.05, 0) is 44.4 Å². The van der Waals surface area contributed by atoms with Gasteiger partial charge >= 0.3 is 0 Å². The van der Waals surface area contributed by atoms with Gasteiger partial charge in [-0.3, -0.25) is 4.79 Å². The highest BCUT2D eigenvalue weighted by atomic mass is 16.2. The van der Waals surface area contributed by atoms with Crippen LogP contribution in [0.25, 0.3) is 0 Å². The summed E-state index contributed by atoms with van der Waals surface area (Å²) < 4.78 is 0. The van der Waals surface area contributed by atoms with Gasteiger partial charge in [-0.15, -0.1) is 0 Å². The molecule has 2 aliphatic carbocycles. The van der Waals surface area contributed by atoms with E-state index >= 15 is 0 Å². The molecular formula is C16H30N2O. The van der Waals surface area contributed by atoms with Crippen LogP contribution in [0.1, 0.15) is 71.6 Å². The van der Waals surface area contributed by atoms with Gasteiger partial charge < -0.3 is 10.6 Å². The minimum atomic E-state index is -0.0500. The highest BCUT2D eigenvalue weighted by Crippen LogP contribution is 2.43. The van der Waals surface area contributed by atoms with Gasteiger partial charge in [0.1, 0.15) is 0 Å². The molecule has 0 bridgehead atoms. The first-order chi connectivity index (χ1) is 9.15. The Labute approximate surface area is 117 Å². The third-order valence-electron chi connectivity index (χ3n) is 5.29. The normalized spacial score (nSPS) is 24.5. The Hall–Kier alpha value is -0.570. The smallest absolute Gasteiger partial charge is 0.237 e. The lowest BCUT2D eigenvalue weighted by atomic mass is 9.67. The first-order valence-electron chi connectivity index (χ1n) is 8.19. The zero-order valence-corrected chi connectivity index (χ0v) is 12.6. The van der Waals surface area contributed by atoms with E-state index in [1.54, 1.807) is 0 Å². The zero-order chi connectivity index (χ0) is 13.7. The van der Waals surface area contributed by atoms with Crippen molar-refractivity contribution in [2.75, 3.05) is 6.54 Å². The van der Waals surface area contributed by atoms with Crippen LogP contribution in [0.4, 0.5) is 0 Å². The summed E-state index contributed by atoms with van der Waals surface area (Å²) in [7, 11) is 0. The fourth-order valence-electron chi connectivity index (χ4n) is 3.37. The monoisotopic (exact) mass is 266 g/mol. The average molecular weight is 266 g/mol. The van der Waals surface area contributed by atoms with Crippen LogP contribution in [0.2, 0.25) is 0 Å². The molecular weight excluding hydrogens is 236 g/mol. The van der Waals surface area contributed by atoms with E-state index in [2.05, 4.69) is 17.6 Å². The van der Waals surface area contributed by atoms with Crippen LogP contribution in [-0.2, 0) is 4.79 Å². The molecule has 0 radical (unpaired) electrons. The first-order valence-corrected chi connectivity index (χ1v) is 8.19. The van der Waals surface area contributed by atoms with Gasteiger partial charge in [0.15, 0.2) is 0 Å². The molecule has 110 valence electrons. The topological polar surface area (TPSA) is 41.1 Å². The Morgan fingerprint density at radius 3 is 2.42 bits per heavy atom. The van der Waals surface area contributed by atoms with Crippen molar-refractivity contribution in [1.82, 2.24) is 10.6 Å². The van der Waals surface area contributed by atoms with Crippen molar-refractivity contribution in [3.05, 3.63) is 0 Å². The Bertz CT molecular complexity index is 288. The van der Waals surface area contributed by atoms with Crippen LogP contribution in [0.5, 0.6) is 0 Å². The molecule has 2 N–H and O–H groups in total. The van der Waals surface area contributed by atoms with Crippen molar-refractivity contribution in [2.45, 2.75) is 83.7 Å². The summed E-state index contributed by atoms with van der Waals surface area (Å²) in [4.78, 5) is 12.1.